The Bertz CT molecular complexity index is 273. The molecule has 0 fully saturated rings. The summed E-state index contributed by atoms with van der Waals surface area (Å²) in [4.78, 5) is 1.25. The molecule has 0 amide bonds. The molecule has 0 radical (unpaired) electrons. The summed E-state index contributed by atoms with van der Waals surface area (Å²) in [6.45, 7) is 6.67. The van der Waals surface area contributed by atoms with Gasteiger partial charge in [-0.1, -0.05) is 20.3 Å². The van der Waals surface area contributed by atoms with Gasteiger partial charge >= 0.3 is 0 Å². The lowest BCUT2D eigenvalue weighted by molar-refractivity contribution is 0.638. The van der Waals surface area contributed by atoms with Crippen LogP contribution in [0.4, 0.5) is 0 Å². The third-order valence-electron chi connectivity index (χ3n) is 2.16. The summed E-state index contributed by atoms with van der Waals surface area (Å²) in [6, 6.07) is 0. The number of nitrogens with zero attached hydrogens (tertiary/aromatic N) is 2. The topological polar surface area (TPSA) is 29.9 Å². The van der Waals surface area contributed by atoms with Crippen LogP contribution in [0.5, 0.6) is 0 Å². The lowest BCUT2D eigenvalue weighted by Gasteiger charge is -2.10. The van der Waals surface area contributed by atoms with Gasteiger partial charge < -0.3 is 5.32 Å². The lowest BCUT2D eigenvalue weighted by atomic mass is 10.3. The summed E-state index contributed by atoms with van der Waals surface area (Å²) >= 11 is 1.88. The summed E-state index contributed by atoms with van der Waals surface area (Å²) in [6.07, 6.45) is 6.52. The molecule has 3 nitrogen and oxygen atoms in total. The summed E-state index contributed by atoms with van der Waals surface area (Å²) in [5.41, 5.74) is 0. The van der Waals surface area contributed by atoms with Gasteiger partial charge in [-0.15, -0.1) is 11.8 Å². The summed E-state index contributed by atoms with van der Waals surface area (Å²) < 4.78 is 1.85. The van der Waals surface area contributed by atoms with Crippen molar-refractivity contribution in [2.24, 2.45) is 7.05 Å². The second-order valence-electron chi connectivity index (χ2n) is 3.84. The fraction of sp³-hybridized carbons (Fsp3) is 0.727. The molecule has 1 atom stereocenters. The van der Waals surface area contributed by atoms with Gasteiger partial charge in [0.15, 0.2) is 0 Å². The van der Waals surface area contributed by atoms with Crippen LogP contribution in [-0.4, -0.2) is 28.1 Å². The molecule has 86 valence electrons. The van der Waals surface area contributed by atoms with E-state index >= 15 is 0 Å². The first-order valence-electron chi connectivity index (χ1n) is 5.58. The van der Waals surface area contributed by atoms with Gasteiger partial charge in [-0.3, -0.25) is 4.68 Å². The summed E-state index contributed by atoms with van der Waals surface area (Å²) in [5, 5.41) is 8.22. The van der Waals surface area contributed by atoms with Gasteiger partial charge in [-0.25, -0.2) is 0 Å². The molecule has 4 heteroatoms. The molecule has 0 spiro atoms. The highest BCUT2D eigenvalue weighted by atomic mass is 32.2. The minimum absolute atomic E-state index is 0.603. The molecule has 1 rings (SSSR count). The monoisotopic (exact) mass is 227 g/mol. The molecule has 0 saturated heterocycles. The molecule has 0 bridgehead atoms. The van der Waals surface area contributed by atoms with Gasteiger partial charge in [-0.05, 0) is 13.0 Å². The normalized spacial score (nSPS) is 13.0. The minimum Gasteiger partial charge on any atom is -0.316 e. The SMILES string of the molecule is CCCCNCC(C)Sc1cnn(C)c1. The molecule has 0 aromatic carbocycles. The first-order chi connectivity index (χ1) is 7.22. The van der Waals surface area contributed by atoms with Gasteiger partial charge in [0.05, 0.1) is 6.20 Å². The van der Waals surface area contributed by atoms with Crippen LogP contribution in [0.25, 0.3) is 0 Å². The Morgan fingerprint density at radius 3 is 3.00 bits per heavy atom. The molecule has 1 N–H and O–H groups in total. The highest BCUT2D eigenvalue weighted by Crippen LogP contribution is 2.21. The molecule has 1 heterocycles. The average molecular weight is 227 g/mol. The van der Waals surface area contributed by atoms with Crippen molar-refractivity contribution in [3.8, 4) is 0 Å². The molecule has 0 saturated carbocycles. The maximum Gasteiger partial charge on any atom is 0.0625 e. The zero-order valence-electron chi connectivity index (χ0n) is 9.86. The largest absolute Gasteiger partial charge is 0.316 e. The molecule has 15 heavy (non-hydrogen) atoms. The van der Waals surface area contributed by atoms with Crippen molar-refractivity contribution < 1.29 is 0 Å². The van der Waals surface area contributed by atoms with Crippen molar-refractivity contribution in [2.75, 3.05) is 13.1 Å². The number of aromatic nitrogens is 2. The van der Waals surface area contributed by atoms with Crippen LogP contribution >= 0.6 is 11.8 Å². The van der Waals surface area contributed by atoms with Gasteiger partial charge in [-0.2, -0.15) is 5.10 Å². The van der Waals surface area contributed by atoms with Gasteiger partial charge in [0.1, 0.15) is 0 Å². The van der Waals surface area contributed by atoms with Crippen molar-refractivity contribution in [1.29, 1.82) is 0 Å². The highest BCUT2D eigenvalue weighted by molar-refractivity contribution is 8.00. The fourth-order valence-electron chi connectivity index (χ4n) is 1.34. The number of rotatable bonds is 7. The third kappa shape index (κ3) is 5.23. The Morgan fingerprint density at radius 2 is 2.40 bits per heavy atom. The Morgan fingerprint density at radius 1 is 1.60 bits per heavy atom. The molecule has 0 aliphatic rings. The van der Waals surface area contributed by atoms with Crippen LogP contribution in [0.3, 0.4) is 0 Å². The van der Waals surface area contributed by atoms with Gasteiger partial charge in [0.2, 0.25) is 0 Å². The van der Waals surface area contributed by atoms with E-state index in [1.54, 1.807) is 0 Å². The van der Waals surface area contributed by atoms with Crippen molar-refractivity contribution >= 4 is 11.8 Å². The van der Waals surface area contributed by atoms with Gasteiger partial charge in [0, 0.05) is 29.9 Å². The Kier molecular flexibility index (Phi) is 5.79. The van der Waals surface area contributed by atoms with Gasteiger partial charge in [0.25, 0.3) is 0 Å². The fourth-order valence-corrected chi connectivity index (χ4v) is 2.33. The maximum absolute atomic E-state index is 4.15. The Hall–Kier alpha value is -0.480. The molecule has 0 aliphatic carbocycles. The van der Waals surface area contributed by atoms with Crippen LogP contribution < -0.4 is 5.32 Å². The molecule has 1 unspecified atom stereocenters. The van der Waals surface area contributed by atoms with Crippen molar-refractivity contribution in [3.63, 3.8) is 0 Å². The van der Waals surface area contributed by atoms with E-state index in [0.29, 0.717) is 5.25 Å². The lowest BCUT2D eigenvalue weighted by Crippen LogP contribution is -2.23. The number of thioether (sulfide) groups is 1. The summed E-state index contributed by atoms with van der Waals surface area (Å²) in [5.74, 6) is 0. The first kappa shape index (κ1) is 12.6. The maximum atomic E-state index is 4.15. The average Bonchev–Trinajstić information content (AvgIpc) is 2.59. The minimum atomic E-state index is 0.603. The van der Waals surface area contributed by atoms with Crippen molar-refractivity contribution in [1.82, 2.24) is 15.1 Å². The van der Waals surface area contributed by atoms with E-state index in [9.17, 15) is 0 Å². The standard InChI is InChI=1S/C11H21N3S/c1-4-5-6-12-7-10(2)15-11-8-13-14(3)9-11/h8-10,12H,4-7H2,1-3H3. The third-order valence-corrected chi connectivity index (χ3v) is 3.21. The van der Waals surface area contributed by atoms with E-state index < -0.39 is 0 Å². The van der Waals surface area contributed by atoms with E-state index in [2.05, 4.69) is 30.5 Å². The number of hydrogen-bond acceptors (Lipinski definition) is 3. The van der Waals surface area contributed by atoms with Crippen LogP contribution in [0.2, 0.25) is 0 Å². The molecule has 0 aliphatic heterocycles. The second kappa shape index (κ2) is 6.90. The van der Waals surface area contributed by atoms with E-state index in [1.165, 1.54) is 17.7 Å². The number of hydrogen-bond donors (Lipinski definition) is 1. The summed E-state index contributed by atoms with van der Waals surface area (Å²) in [7, 11) is 1.95. The molecule has 1 aromatic heterocycles. The zero-order valence-corrected chi connectivity index (χ0v) is 10.7. The predicted molar refractivity (Wildman–Crippen MR) is 66.3 cm³/mol. The Labute approximate surface area is 96.6 Å². The number of nitrogens with one attached hydrogen (secondary N) is 1. The molecular formula is C11H21N3S. The highest BCUT2D eigenvalue weighted by Gasteiger charge is 2.04. The van der Waals surface area contributed by atoms with E-state index in [1.807, 2.05) is 29.7 Å². The molecular weight excluding hydrogens is 206 g/mol. The zero-order chi connectivity index (χ0) is 11.1. The predicted octanol–water partition coefficient (Wildman–Crippen LogP) is 2.29. The Balaban J connectivity index is 2.15. The smallest absolute Gasteiger partial charge is 0.0625 e. The van der Waals surface area contributed by atoms with Crippen LogP contribution in [0, 0.1) is 0 Å². The van der Waals surface area contributed by atoms with Crippen molar-refractivity contribution in [3.05, 3.63) is 12.4 Å². The van der Waals surface area contributed by atoms with Crippen LogP contribution in [0.15, 0.2) is 17.3 Å². The second-order valence-corrected chi connectivity index (χ2v) is 5.35. The molecule has 1 aromatic rings. The number of unbranched alkanes of at least 4 members (excludes halogenated alkanes) is 1. The van der Waals surface area contributed by atoms with Crippen LogP contribution in [0.1, 0.15) is 26.7 Å². The van der Waals surface area contributed by atoms with Crippen molar-refractivity contribution in [2.45, 2.75) is 36.8 Å². The number of aryl methyl sites for hydroxylation is 1. The quantitative estimate of drug-likeness (QED) is 0.572. The van der Waals surface area contributed by atoms with E-state index in [-0.39, 0.29) is 0 Å². The van der Waals surface area contributed by atoms with E-state index in [4.69, 9.17) is 0 Å². The van der Waals surface area contributed by atoms with E-state index in [0.717, 1.165) is 13.1 Å². The van der Waals surface area contributed by atoms with Crippen LogP contribution in [-0.2, 0) is 7.05 Å². The first-order valence-corrected chi connectivity index (χ1v) is 6.46.